The Balaban J connectivity index is 2.03. The van der Waals surface area contributed by atoms with E-state index >= 15 is 0 Å². The van der Waals surface area contributed by atoms with Gasteiger partial charge in [0.2, 0.25) is 10.0 Å². The number of pyridine rings is 1. The number of carbonyl (C=O) groups excluding carboxylic acids is 1. The lowest BCUT2D eigenvalue weighted by Gasteiger charge is -2.30. The average Bonchev–Trinajstić information content (AvgIpc) is 2.56. The topological polar surface area (TPSA) is 85.8 Å². The fraction of sp³-hybridized carbons (Fsp3) is 0.571. The Hall–Kier alpha value is -1.51. The van der Waals surface area contributed by atoms with Crippen LogP contribution in [-0.2, 0) is 24.3 Å². The first kappa shape index (κ1) is 16.9. The minimum Gasteiger partial charge on any atom is -0.463 e. The fourth-order valence-electron chi connectivity index (χ4n) is 2.35. The molecule has 0 radical (unpaired) electrons. The third-order valence-electron chi connectivity index (χ3n) is 3.52. The molecule has 0 amide bonds. The average molecular weight is 328 g/mol. The van der Waals surface area contributed by atoms with Crippen LogP contribution in [0.3, 0.4) is 0 Å². The van der Waals surface area contributed by atoms with E-state index in [0.717, 1.165) is 0 Å². The van der Waals surface area contributed by atoms with E-state index in [2.05, 4.69) is 4.98 Å². The molecule has 2 heterocycles. The van der Waals surface area contributed by atoms with Crippen molar-refractivity contribution in [2.24, 2.45) is 5.92 Å². The molecule has 1 fully saturated rings. The summed E-state index contributed by atoms with van der Waals surface area (Å²) in [5.74, 6) is -0.805. The second-order valence-electron chi connectivity index (χ2n) is 5.05. The summed E-state index contributed by atoms with van der Waals surface area (Å²) < 4.78 is 36.3. The predicted octanol–water partition coefficient (Wildman–Crippen LogP) is 0.672. The number of nitrogens with zero attached hydrogens (tertiary/aromatic N) is 2. The highest BCUT2D eigenvalue weighted by Gasteiger charge is 2.34. The normalized spacial score (nSPS) is 19.8. The first-order valence-electron chi connectivity index (χ1n) is 7.11. The molecule has 1 aliphatic heterocycles. The van der Waals surface area contributed by atoms with E-state index in [0.29, 0.717) is 26.0 Å². The summed E-state index contributed by atoms with van der Waals surface area (Å²) in [7, 11) is -2.09. The molecule has 0 aliphatic carbocycles. The Labute approximate surface area is 130 Å². The molecule has 1 saturated heterocycles. The molecule has 8 heteroatoms. The quantitative estimate of drug-likeness (QED) is 0.564. The lowest BCUT2D eigenvalue weighted by molar-refractivity contribution is -0.151. The summed E-state index contributed by atoms with van der Waals surface area (Å²) in [6, 6.07) is 3.08. The van der Waals surface area contributed by atoms with Gasteiger partial charge in [0.25, 0.3) is 0 Å². The van der Waals surface area contributed by atoms with Crippen molar-refractivity contribution in [3.63, 3.8) is 0 Å². The fourth-order valence-corrected chi connectivity index (χ4v) is 3.83. The summed E-state index contributed by atoms with van der Waals surface area (Å²) >= 11 is 0. The maximum atomic E-state index is 12.5. The lowest BCUT2D eigenvalue weighted by Crippen LogP contribution is -2.42. The van der Waals surface area contributed by atoms with Crippen LogP contribution in [0, 0.1) is 5.92 Å². The van der Waals surface area contributed by atoms with Gasteiger partial charge in [0, 0.05) is 32.6 Å². The Morgan fingerprint density at radius 2 is 2.27 bits per heavy atom. The molecule has 122 valence electrons. The van der Waals surface area contributed by atoms with E-state index in [1.54, 1.807) is 6.07 Å². The summed E-state index contributed by atoms with van der Waals surface area (Å²) in [6.45, 7) is 1.06. The Morgan fingerprint density at radius 1 is 1.45 bits per heavy atom. The second-order valence-corrected chi connectivity index (χ2v) is 6.99. The van der Waals surface area contributed by atoms with Gasteiger partial charge in [-0.3, -0.25) is 9.78 Å². The van der Waals surface area contributed by atoms with Crippen LogP contribution in [0.2, 0.25) is 0 Å². The first-order chi connectivity index (χ1) is 10.6. The van der Waals surface area contributed by atoms with Crippen molar-refractivity contribution >= 4 is 16.0 Å². The maximum absolute atomic E-state index is 12.5. The zero-order chi connectivity index (χ0) is 16.0. The SMILES string of the molecule is COCCOC(=O)[C@@H]1CCCN(S(=O)(=O)c2cccnc2)C1. The second kappa shape index (κ2) is 7.66. The molecule has 22 heavy (non-hydrogen) atoms. The number of sulfonamides is 1. The van der Waals surface area contributed by atoms with Gasteiger partial charge in [0.1, 0.15) is 11.5 Å². The summed E-state index contributed by atoms with van der Waals surface area (Å²) in [5, 5.41) is 0. The number of methoxy groups -OCH3 is 1. The van der Waals surface area contributed by atoms with Crippen LogP contribution < -0.4 is 0 Å². The molecule has 0 spiro atoms. The Morgan fingerprint density at radius 3 is 2.95 bits per heavy atom. The maximum Gasteiger partial charge on any atom is 0.310 e. The van der Waals surface area contributed by atoms with Gasteiger partial charge in [-0.15, -0.1) is 0 Å². The van der Waals surface area contributed by atoms with E-state index in [9.17, 15) is 13.2 Å². The standard InChI is InChI=1S/C14H20N2O5S/c1-20-8-9-21-14(17)12-4-3-7-16(11-12)22(18,19)13-5-2-6-15-10-13/h2,5-6,10,12H,3-4,7-9,11H2,1H3/t12-/m1/s1. The highest BCUT2D eigenvalue weighted by atomic mass is 32.2. The molecule has 0 unspecified atom stereocenters. The number of esters is 1. The monoisotopic (exact) mass is 328 g/mol. The minimum absolute atomic E-state index is 0.142. The lowest BCUT2D eigenvalue weighted by atomic mass is 10.0. The summed E-state index contributed by atoms with van der Waals surface area (Å²) in [6.07, 6.45) is 4.09. The highest BCUT2D eigenvalue weighted by molar-refractivity contribution is 7.89. The number of ether oxygens (including phenoxy) is 2. The van der Waals surface area contributed by atoms with Crippen molar-refractivity contribution < 1.29 is 22.7 Å². The highest BCUT2D eigenvalue weighted by Crippen LogP contribution is 2.24. The van der Waals surface area contributed by atoms with Gasteiger partial charge >= 0.3 is 5.97 Å². The van der Waals surface area contributed by atoms with Gasteiger partial charge in [-0.1, -0.05) is 0 Å². The number of carbonyl (C=O) groups is 1. The number of aromatic nitrogens is 1. The van der Waals surface area contributed by atoms with Crippen LogP contribution in [0.5, 0.6) is 0 Å². The molecule has 0 N–H and O–H groups in total. The number of piperidine rings is 1. The van der Waals surface area contributed by atoms with Crippen LogP contribution >= 0.6 is 0 Å². The summed E-state index contributed by atoms with van der Waals surface area (Å²) in [4.78, 5) is 16.0. The first-order valence-corrected chi connectivity index (χ1v) is 8.55. The van der Waals surface area contributed by atoms with E-state index in [1.807, 2.05) is 0 Å². The van der Waals surface area contributed by atoms with E-state index in [1.165, 1.54) is 29.9 Å². The van der Waals surface area contributed by atoms with Crippen molar-refractivity contribution in [3.05, 3.63) is 24.5 Å². The van der Waals surface area contributed by atoms with Crippen molar-refractivity contribution in [2.75, 3.05) is 33.4 Å². The summed E-state index contributed by atoms with van der Waals surface area (Å²) in [5.41, 5.74) is 0. The van der Waals surface area contributed by atoms with E-state index in [4.69, 9.17) is 9.47 Å². The third kappa shape index (κ3) is 4.02. The molecule has 1 atom stereocenters. The Kier molecular flexibility index (Phi) is 5.87. The smallest absolute Gasteiger partial charge is 0.310 e. The largest absolute Gasteiger partial charge is 0.463 e. The molecule has 0 aromatic carbocycles. The van der Waals surface area contributed by atoms with E-state index in [-0.39, 0.29) is 24.0 Å². The van der Waals surface area contributed by atoms with Crippen molar-refractivity contribution in [2.45, 2.75) is 17.7 Å². The molecular weight excluding hydrogens is 308 g/mol. The predicted molar refractivity (Wildman–Crippen MR) is 78.6 cm³/mol. The molecule has 1 aliphatic rings. The molecule has 0 bridgehead atoms. The van der Waals surface area contributed by atoms with Gasteiger partial charge in [0.15, 0.2) is 0 Å². The van der Waals surface area contributed by atoms with Crippen molar-refractivity contribution in [3.8, 4) is 0 Å². The molecule has 2 rings (SSSR count). The van der Waals surface area contributed by atoms with Gasteiger partial charge in [0.05, 0.1) is 12.5 Å². The Bertz CT molecular complexity index is 591. The van der Waals surface area contributed by atoms with Crippen LogP contribution in [0.4, 0.5) is 0 Å². The number of hydrogen-bond donors (Lipinski definition) is 0. The van der Waals surface area contributed by atoms with Crippen LogP contribution in [0.15, 0.2) is 29.4 Å². The van der Waals surface area contributed by atoms with Gasteiger partial charge in [-0.25, -0.2) is 8.42 Å². The zero-order valence-corrected chi connectivity index (χ0v) is 13.3. The number of hydrogen-bond acceptors (Lipinski definition) is 6. The van der Waals surface area contributed by atoms with Gasteiger partial charge in [-0.2, -0.15) is 4.31 Å². The van der Waals surface area contributed by atoms with Crippen LogP contribution in [0.1, 0.15) is 12.8 Å². The van der Waals surface area contributed by atoms with E-state index < -0.39 is 15.9 Å². The molecule has 0 saturated carbocycles. The minimum atomic E-state index is -3.62. The van der Waals surface area contributed by atoms with Gasteiger partial charge < -0.3 is 9.47 Å². The molecule has 1 aromatic heterocycles. The van der Waals surface area contributed by atoms with Crippen LogP contribution in [0.25, 0.3) is 0 Å². The van der Waals surface area contributed by atoms with Crippen LogP contribution in [-0.4, -0.2) is 57.1 Å². The number of rotatable bonds is 6. The molecule has 7 nitrogen and oxygen atoms in total. The molecular formula is C14H20N2O5S. The third-order valence-corrected chi connectivity index (χ3v) is 5.37. The zero-order valence-electron chi connectivity index (χ0n) is 12.5. The van der Waals surface area contributed by atoms with Gasteiger partial charge in [-0.05, 0) is 25.0 Å². The molecule has 1 aromatic rings. The van der Waals surface area contributed by atoms with Crippen molar-refractivity contribution in [1.29, 1.82) is 0 Å². The van der Waals surface area contributed by atoms with Crippen molar-refractivity contribution in [1.82, 2.24) is 9.29 Å².